The fraction of sp³-hybridized carbons (Fsp3) is 0.312. The van der Waals surface area contributed by atoms with Gasteiger partial charge in [-0.15, -0.1) is 11.8 Å². The lowest BCUT2D eigenvalue weighted by Crippen LogP contribution is -2.29. The summed E-state index contributed by atoms with van der Waals surface area (Å²) in [7, 11) is 0. The summed E-state index contributed by atoms with van der Waals surface area (Å²) < 4.78 is 0. The number of carbonyl (C=O) groups is 1. The zero-order valence-electron chi connectivity index (χ0n) is 12.8. The Bertz CT molecular complexity index is 790. The van der Waals surface area contributed by atoms with E-state index in [0.717, 1.165) is 41.5 Å². The number of hydrogen-bond donors (Lipinski definition) is 2. The molecule has 1 amide bonds. The van der Waals surface area contributed by atoms with Gasteiger partial charge in [0.1, 0.15) is 0 Å². The molecule has 1 atom stereocenters. The zero-order valence-corrected chi connectivity index (χ0v) is 14.4. The van der Waals surface area contributed by atoms with Crippen molar-refractivity contribution in [3.63, 3.8) is 0 Å². The van der Waals surface area contributed by atoms with Crippen LogP contribution in [0.25, 0.3) is 10.4 Å². The second-order valence-corrected chi connectivity index (χ2v) is 8.03. The van der Waals surface area contributed by atoms with Crippen LogP contribution in [0.2, 0.25) is 0 Å². The molecule has 4 heterocycles. The molecule has 6 nitrogen and oxygen atoms in total. The van der Waals surface area contributed by atoms with Crippen LogP contribution in [0.5, 0.6) is 0 Å². The number of rotatable bonds is 3. The van der Waals surface area contributed by atoms with Gasteiger partial charge in [-0.05, 0) is 30.5 Å². The van der Waals surface area contributed by atoms with E-state index in [4.69, 9.17) is 5.21 Å². The van der Waals surface area contributed by atoms with Gasteiger partial charge in [-0.2, -0.15) is 0 Å². The highest BCUT2D eigenvalue weighted by Gasteiger charge is 2.33. The van der Waals surface area contributed by atoms with E-state index in [1.807, 2.05) is 18.3 Å². The van der Waals surface area contributed by atoms with E-state index in [9.17, 15) is 4.79 Å². The Balaban J connectivity index is 1.48. The Kier molecular flexibility index (Phi) is 4.26. The number of hydroxylamine groups is 1. The van der Waals surface area contributed by atoms with Gasteiger partial charge >= 0.3 is 0 Å². The maximum atomic E-state index is 11.6. The number of amides is 1. The largest absolute Gasteiger partial charge is 0.343 e. The number of carbonyl (C=O) groups excluding carboxylic acids is 1. The molecule has 0 saturated carbocycles. The van der Waals surface area contributed by atoms with E-state index in [2.05, 4.69) is 14.9 Å². The predicted octanol–water partition coefficient (Wildman–Crippen LogP) is 2.68. The predicted molar refractivity (Wildman–Crippen MR) is 95.1 cm³/mol. The Hall–Kier alpha value is -1.90. The molecule has 0 spiro atoms. The maximum absolute atomic E-state index is 11.6. The average Bonchev–Trinajstić information content (AvgIpc) is 3.28. The molecule has 24 heavy (non-hydrogen) atoms. The van der Waals surface area contributed by atoms with Crippen LogP contribution < -0.4 is 10.4 Å². The highest BCUT2D eigenvalue weighted by molar-refractivity contribution is 8.04. The summed E-state index contributed by atoms with van der Waals surface area (Å²) >= 11 is 3.24. The number of nitrogens with one attached hydrogen (secondary N) is 1. The Morgan fingerprint density at radius 3 is 3.00 bits per heavy atom. The van der Waals surface area contributed by atoms with Gasteiger partial charge in [0.2, 0.25) is 0 Å². The molecular formula is C16H16N4O2S2. The standard InChI is InChI=1S/C16H16N4O2S2/c21-15(19-22)12-7-11-3-6-20(9-14(11)23-12)16-18-8-13(24-16)10-1-4-17-5-2-10/h1-2,4-5,8,12,22H,3,6-7,9H2,(H,19,21). The molecule has 2 aromatic heterocycles. The maximum Gasteiger partial charge on any atom is 0.257 e. The van der Waals surface area contributed by atoms with Gasteiger partial charge in [0.15, 0.2) is 5.13 Å². The minimum absolute atomic E-state index is 0.205. The molecule has 2 aliphatic rings. The van der Waals surface area contributed by atoms with Crippen molar-refractivity contribution in [2.45, 2.75) is 18.1 Å². The summed E-state index contributed by atoms with van der Waals surface area (Å²) in [6, 6.07) is 3.97. The highest BCUT2D eigenvalue weighted by atomic mass is 32.2. The van der Waals surface area contributed by atoms with Crippen molar-refractivity contribution in [2.24, 2.45) is 0 Å². The first-order valence-electron chi connectivity index (χ1n) is 7.67. The second-order valence-electron chi connectivity index (χ2n) is 5.73. The quantitative estimate of drug-likeness (QED) is 0.647. The molecule has 2 aromatic rings. The molecule has 0 saturated heterocycles. The average molecular weight is 360 g/mol. The first-order chi connectivity index (χ1) is 11.7. The zero-order chi connectivity index (χ0) is 16.5. The van der Waals surface area contributed by atoms with Crippen molar-refractivity contribution >= 4 is 34.1 Å². The van der Waals surface area contributed by atoms with Crippen LogP contribution in [0.3, 0.4) is 0 Å². The molecule has 0 aromatic carbocycles. The summed E-state index contributed by atoms with van der Waals surface area (Å²) in [6.45, 7) is 1.70. The number of pyridine rings is 1. The van der Waals surface area contributed by atoms with Gasteiger partial charge in [0, 0.05) is 30.0 Å². The molecule has 1 unspecified atom stereocenters. The SMILES string of the molecule is O=C(NO)C1CC2=C(CN(c3ncc(-c4ccncc4)s3)CC2)S1. The molecule has 0 aliphatic carbocycles. The van der Waals surface area contributed by atoms with Crippen molar-refractivity contribution in [1.29, 1.82) is 0 Å². The van der Waals surface area contributed by atoms with Crippen LogP contribution in [0, 0.1) is 0 Å². The third-order valence-corrected chi connectivity index (χ3v) is 6.73. The third kappa shape index (κ3) is 2.92. The Labute approximate surface area is 147 Å². The number of aromatic nitrogens is 2. The molecule has 4 rings (SSSR count). The summed E-state index contributed by atoms with van der Waals surface area (Å²) in [4.78, 5) is 24.9. The summed E-state index contributed by atoms with van der Waals surface area (Å²) in [5, 5.41) is 9.61. The summed E-state index contributed by atoms with van der Waals surface area (Å²) in [5.41, 5.74) is 4.23. The smallest absolute Gasteiger partial charge is 0.257 e. The third-order valence-electron chi connectivity index (χ3n) is 4.26. The molecule has 8 heteroatoms. The van der Waals surface area contributed by atoms with Crippen LogP contribution in [0.15, 0.2) is 41.2 Å². The van der Waals surface area contributed by atoms with Gasteiger partial charge in [-0.1, -0.05) is 16.9 Å². The molecule has 0 bridgehead atoms. The van der Waals surface area contributed by atoms with E-state index in [-0.39, 0.29) is 11.2 Å². The number of thiazole rings is 1. The number of hydrogen-bond acceptors (Lipinski definition) is 7. The van der Waals surface area contributed by atoms with Crippen molar-refractivity contribution in [3.05, 3.63) is 41.2 Å². The van der Waals surface area contributed by atoms with Crippen molar-refractivity contribution < 1.29 is 10.0 Å². The first kappa shape index (κ1) is 15.6. The van der Waals surface area contributed by atoms with Crippen molar-refractivity contribution in [3.8, 4) is 10.4 Å². The minimum atomic E-state index is -0.310. The monoisotopic (exact) mass is 360 g/mol. The molecule has 0 radical (unpaired) electrons. The number of nitrogens with zero attached hydrogens (tertiary/aromatic N) is 3. The fourth-order valence-corrected chi connectivity index (χ4v) is 5.31. The van der Waals surface area contributed by atoms with Crippen LogP contribution in [0.4, 0.5) is 5.13 Å². The molecule has 0 fully saturated rings. The van der Waals surface area contributed by atoms with E-state index in [0.29, 0.717) is 0 Å². The van der Waals surface area contributed by atoms with Crippen molar-refractivity contribution in [2.75, 3.05) is 18.0 Å². The Morgan fingerprint density at radius 1 is 1.38 bits per heavy atom. The summed E-state index contributed by atoms with van der Waals surface area (Å²) in [5.74, 6) is -0.310. The van der Waals surface area contributed by atoms with Crippen LogP contribution >= 0.6 is 23.1 Å². The van der Waals surface area contributed by atoms with Crippen LogP contribution in [-0.4, -0.2) is 39.4 Å². The van der Waals surface area contributed by atoms with Gasteiger partial charge < -0.3 is 4.90 Å². The van der Waals surface area contributed by atoms with Gasteiger partial charge in [0.25, 0.3) is 5.91 Å². The molecule has 2 aliphatic heterocycles. The molecule has 2 N–H and O–H groups in total. The lowest BCUT2D eigenvalue weighted by Gasteiger charge is -2.27. The normalized spacial score (nSPS) is 20.2. The number of anilines is 1. The Morgan fingerprint density at radius 2 is 2.21 bits per heavy atom. The second kappa shape index (κ2) is 6.54. The van der Waals surface area contributed by atoms with Gasteiger partial charge in [-0.25, -0.2) is 10.5 Å². The first-order valence-corrected chi connectivity index (χ1v) is 9.37. The van der Waals surface area contributed by atoms with Crippen LogP contribution in [0.1, 0.15) is 12.8 Å². The van der Waals surface area contributed by atoms with Gasteiger partial charge in [-0.3, -0.25) is 15.0 Å². The van der Waals surface area contributed by atoms with Crippen LogP contribution in [-0.2, 0) is 4.79 Å². The minimum Gasteiger partial charge on any atom is -0.343 e. The molecular weight excluding hydrogens is 344 g/mol. The fourth-order valence-electron chi connectivity index (χ4n) is 2.99. The van der Waals surface area contributed by atoms with E-state index in [1.165, 1.54) is 10.5 Å². The van der Waals surface area contributed by atoms with Gasteiger partial charge in [0.05, 0.1) is 16.7 Å². The van der Waals surface area contributed by atoms with Crippen molar-refractivity contribution in [1.82, 2.24) is 15.4 Å². The van der Waals surface area contributed by atoms with E-state index in [1.54, 1.807) is 41.0 Å². The topological polar surface area (TPSA) is 78.4 Å². The molecule has 124 valence electrons. The van der Waals surface area contributed by atoms with E-state index < -0.39 is 0 Å². The summed E-state index contributed by atoms with van der Waals surface area (Å²) in [6.07, 6.45) is 7.16. The lowest BCUT2D eigenvalue weighted by molar-refractivity contribution is -0.128. The lowest BCUT2D eigenvalue weighted by atomic mass is 10.0. The highest BCUT2D eigenvalue weighted by Crippen LogP contribution is 2.43. The number of thioether (sulfide) groups is 1. The van der Waals surface area contributed by atoms with E-state index >= 15 is 0 Å².